The molecule has 7 heteroatoms. The molecule has 0 spiro atoms. The minimum Gasteiger partial charge on any atom is -0.489 e. The Morgan fingerprint density at radius 2 is 1.78 bits per heavy atom. The van der Waals surface area contributed by atoms with Crippen LogP contribution in [0.2, 0.25) is 0 Å². The first-order valence-corrected chi connectivity index (χ1v) is 9.88. The van der Waals surface area contributed by atoms with Gasteiger partial charge in [0.15, 0.2) is 0 Å². The van der Waals surface area contributed by atoms with E-state index in [1.807, 2.05) is 54.6 Å². The zero-order chi connectivity index (χ0) is 22.3. The summed E-state index contributed by atoms with van der Waals surface area (Å²) in [5.41, 5.74) is 8.63. The number of allylic oxidation sites excluding steroid dienone is 1. The Labute approximate surface area is 184 Å². The maximum absolute atomic E-state index is 11.7. The molecule has 0 aliphatic rings. The number of rotatable bonds is 8. The Morgan fingerprint density at radius 3 is 2.50 bits per heavy atom. The monoisotopic (exact) mass is 424 g/mol. The number of primary amides is 1. The van der Waals surface area contributed by atoms with Crippen molar-refractivity contribution in [3.63, 3.8) is 0 Å². The number of nitrogens with one attached hydrogen (secondary N) is 1. The third-order valence-electron chi connectivity index (χ3n) is 4.81. The largest absolute Gasteiger partial charge is 0.489 e. The Bertz CT molecular complexity index is 1290. The fraction of sp³-hybridized carbons (Fsp3) is 0.0400. The van der Waals surface area contributed by atoms with E-state index in [4.69, 9.17) is 10.5 Å². The van der Waals surface area contributed by atoms with E-state index in [1.165, 1.54) is 6.33 Å². The average molecular weight is 424 g/mol. The number of carbonyl (C=O) groups is 2. The molecule has 1 aromatic heterocycles. The van der Waals surface area contributed by atoms with Crippen LogP contribution in [0.3, 0.4) is 0 Å². The zero-order valence-corrected chi connectivity index (χ0v) is 17.1. The summed E-state index contributed by atoms with van der Waals surface area (Å²) < 4.78 is 5.82. The van der Waals surface area contributed by atoms with E-state index in [2.05, 4.69) is 15.3 Å². The highest BCUT2D eigenvalue weighted by atomic mass is 16.5. The molecule has 7 nitrogen and oxygen atoms in total. The normalized spacial score (nSPS) is 11.2. The summed E-state index contributed by atoms with van der Waals surface area (Å²) in [6.07, 6.45) is 3.14. The smallest absolute Gasteiger partial charge is 0.249 e. The Balaban J connectivity index is 1.55. The van der Waals surface area contributed by atoms with Gasteiger partial charge in [-0.1, -0.05) is 36.4 Å². The second-order valence-electron chi connectivity index (χ2n) is 6.96. The third-order valence-corrected chi connectivity index (χ3v) is 4.81. The number of aromatic nitrogens is 2. The molecule has 0 aliphatic heterocycles. The van der Waals surface area contributed by atoms with Gasteiger partial charge in [-0.3, -0.25) is 9.59 Å². The number of benzene rings is 3. The SMILES string of the molecule is NC(=O)C(=CC=O)c1ccc2ncnc(Nc3ccc(OCc4ccccc4)cc3)c2c1. The maximum atomic E-state index is 11.7. The van der Waals surface area contributed by atoms with E-state index in [1.54, 1.807) is 18.2 Å². The van der Waals surface area contributed by atoms with Crippen molar-refractivity contribution in [3.8, 4) is 5.75 Å². The molecule has 0 radical (unpaired) electrons. The Hall–Kier alpha value is -4.52. The lowest BCUT2D eigenvalue weighted by molar-refractivity contribution is -0.113. The van der Waals surface area contributed by atoms with Crippen molar-refractivity contribution in [1.29, 1.82) is 0 Å². The molecule has 0 saturated heterocycles. The average Bonchev–Trinajstić information content (AvgIpc) is 2.82. The summed E-state index contributed by atoms with van der Waals surface area (Å²) in [5.74, 6) is 0.623. The summed E-state index contributed by atoms with van der Waals surface area (Å²) in [5, 5.41) is 3.95. The number of ether oxygens (including phenoxy) is 1. The third kappa shape index (κ3) is 4.79. The molecule has 0 unspecified atom stereocenters. The van der Waals surface area contributed by atoms with Crippen LogP contribution in [-0.4, -0.2) is 22.2 Å². The number of aldehydes is 1. The zero-order valence-electron chi connectivity index (χ0n) is 17.1. The summed E-state index contributed by atoms with van der Waals surface area (Å²) >= 11 is 0. The number of nitrogens with zero attached hydrogens (tertiary/aromatic N) is 2. The van der Waals surface area contributed by atoms with Gasteiger partial charge >= 0.3 is 0 Å². The van der Waals surface area contributed by atoms with Gasteiger partial charge in [0.2, 0.25) is 5.91 Å². The first-order chi connectivity index (χ1) is 15.6. The number of anilines is 2. The topological polar surface area (TPSA) is 107 Å². The molecular weight excluding hydrogens is 404 g/mol. The van der Waals surface area contributed by atoms with E-state index < -0.39 is 5.91 Å². The second kappa shape index (κ2) is 9.53. The second-order valence-corrected chi connectivity index (χ2v) is 6.96. The van der Waals surface area contributed by atoms with Gasteiger partial charge in [0.25, 0.3) is 0 Å². The van der Waals surface area contributed by atoms with E-state index in [9.17, 15) is 9.59 Å². The number of hydrogen-bond donors (Lipinski definition) is 2. The predicted octanol–water partition coefficient (Wildman–Crippen LogP) is 4.02. The molecule has 158 valence electrons. The van der Waals surface area contributed by atoms with Gasteiger partial charge in [-0.05, 0) is 53.6 Å². The van der Waals surface area contributed by atoms with Crippen LogP contribution in [0.25, 0.3) is 16.5 Å². The first kappa shape index (κ1) is 20.7. The highest BCUT2D eigenvalue weighted by Gasteiger charge is 2.11. The van der Waals surface area contributed by atoms with Crippen molar-refractivity contribution in [2.24, 2.45) is 5.73 Å². The van der Waals surface area contributed by atoms with Crippen molar-refractivity contribution in [2.45, 2.75) is 6.61 Å². The molecule has 0 aliphatic carbocycles. The van der Waals surface area contributed by atoms with E-state index in [-0.39, 0.29) is 5.57 Å². The highest BCUT2D eigenvalue weighted by molar-refractivity contribution is 6.21. The van der Waals surface area contributed by atoms with Crippen molar-refractivity contribution in [3.05, 3.63) is 96.3 Å². The fourth-order valence-electron chi connectivity index (χ4n) is 3.22. The molecule has 0 saturated carbocycles. The number of nitrogens with two attached hydrogens (primary N) is 1. The lowest BCUT2D eigenvalue weighted by Crippen LogP contribution is -2.13. The van der Waals surface area contributed by atoms with Gasteiger partial charge in [-0.2, -0.15) is 0 Å². The molecule has 1 amide bonds. The Morgan fingerprint density at radius 1 is 1.00 bits per heavy atom. The maximum Gasteiger partial charge on any atom is 0.249 e. The van der Waals surface area contributed by atoms with Crippen molar-refractivity contribution < 1.29 is 14.3 Å². The standard InChI is InChI=1S/C25H20N4O3/c26-24(31)21(12-13-30)18-6-11-23-22(14-18)25(28-16-27-23)29-19-7-9-20(10-8-19)32-15-17-4-2-1-3-5-17/h1-14,16H,15H2,(H2,26,31)(H,27,28,29). The predicted molar refractivity (Wildman–Crippen MR) is 123 cm³/mol. The quantitative estimate of drug-likeness (QED) is 0.327. The van der Waals surface area contributed by atoms with Gasteiger partial charge in [-0.15, -0.1) is 0 Å². The molecule has 3 aromatic carbocycles. The fourth-order valence-corrected chi connectivity index (χ4v) is 3.22. The van der Waals surface area contributed by atoms with Crippen molar-refractivity contribution >= 4 is 40.2 Å². The van der Waals surface area contributed by atoms with Crippen LogP contribution in [0.1, 0.15) is 11.1 Å². The summed E-state index contributed by atoms with van der Waals surface area (Å²) in [7, 11) is 0. The molecule has 3 N–H and O–H groups in total. The van der Waals surface area contributed by atoms with Crippen LogP contribution in [0, 0.1) is 0 Å². The van der Waals surface area contributed by atoms with Crippen LogP contribution < -0.4 is 15.8 Å². The lowest BCUT2D eigenvalue weighted by atomic mass is 10.0. The number of carbonyl (C=O) groups excluding carboxylic acids is 2. The van der Waals surface area contributed by atoms with Crippen LogP contribution in [0.4, 0.5) is 11.5 Å². The Kier molecular flexibility index (Phi) is 6.17. The number of fused-ring (bicyclic) bond motifs is 1. The van der Waals surface area contributed by atoms with Gasteiger partial charge in [0.05, 0.1) is 5.52 Å². The minimum atomic E-state index is -0.686. The molecular formula is C25H20N4O3. The summed E-state index contributed by atoms with van der Waals surface area (Å²) in [6.45, 7) is 0.490. The van der Waals surface area contributed by atoms with Crippen LogP contribution in [0.15, 0.2) is 85.2 Å². The molecule has 4 rings (SSSR count). The van der Waals surface area contributed by atoms with E-state index in [0.717, 1.165) is 23.1 Å². The van der Waals surface area contributed by atoms with Crippen LogP contribution in [0.5, 0.6) is 5.75 Å². The van der Waals surface area contributed by atoms with Gasteiger partial charge in [0, 0.05) is 16.6 Å². The number of amides is 1. The first-order valence-electron chi connectivity index (χ1n) is 9.88. The lowest BCUT2D eigenvalue weighted by Gasteiger charge is -2.11. The summed E-state index contributed by atoms with van der Waals surface area (Å²) in [6, 6.07) is 22.6. The highest BCUT2D eigenvalue weighted by Crippen LogP contribution is 2.27. The minimum absolute atomic E-state index is 0.122. The van der Waals surface area contributed by atoms with Crippen molar-refractivity contribution in [1.82, 2.24) is 9.97 Å². The molecule has 0 bridgehead atoms. The van der Waals surface area contributed by atoms with E-state index in [0.29, 0.717) is 35.2 Å². The summed E-state index contributed by atoms with van der Waals surface area (Å²) in [4.78, 5) is 31.2. The van der Waals surface area contributed by atoms with Crippen LogP contribution in [-0.2, 0) is 16.2 Å². The number of hydrogen-bond acceptors (Lipinski definition) is 6. The molecule has 0 atom stereocenters. The van der Waals surface area contributed by atoms with Gasteiger partial charge in [0.1, 0.15) is 30.8 Å². The molecule has 0 fully saturated rings. The van der Waals surface area contributed by atoms with Gasteiger partial charge in [-0.25, -0.2) is 9.97 Å². The molecule has 32 heavy (non-hydrogen) atoms. The molecule has 4 aromatic rings. The van der Waals surface area contributed by atoms with Gasteiger partial charge < -0.3 is 15.8 Å². The van der Waals surface area contributed by atoms with E-state index >= 15 is 0 Å². The molecule has 1 heterocycles. The van der Waals surface area contributed by atoms with Crippen molar-refractivity contribution in [2.75, 3.05) is 5.32 Å². The van der Waals surface area contributed by atoms with Crippen LogP contribution >= 0.6 is 0 Å².